The lowest BCUT2D eigenvalue weighted by Crippen LogP contribution is -2.21. The van der Waals surface area contributed by atoms with Gasteiger partial charge in [-0.15, -0.1) is 0 Å². The Kier molecular flexibility index (Phi) is 1.65. The van der Waals surface area contributed by atoms with Gasteiger partial charge in [-0.1, -0.05) is 0 Å². The van der Waals surface area contributed by atoms with Crippen LogP contribution in [0.4, 0.5) is 0 Å². The topological polar surface area (TPSA) is 40.2 Å². The Morgan fingerprint density at radius 3 is 3.07 bits per heavy atom. The van der Waals surface area contributed by atoms with Crippen LogP contribution in [0.3, 0.4) is 0 Å². The van der Waals surface area contributed by atoms with E-state index in [1.54, 1.807) is 0 Å². The third kappa shape index (κ3) is 1.42. The van der Waals surface area contributed by atoms with Gasteiger partial charge in [-0.25, -0.2) is 0 Å². The Balaban J connectivity index is 1.66. The smallest absolute Gasteiger partial charge is 0.193 e. The Morgan fingerprint density at radius 1 is 1.50 bits per heavy atom. The Bertz CT molecular complexity index is 331. The average molecular weight is 192 g/mol. The van der Waals surface area contributed by atoms with Gasteiger partial charge in [0.1, 0.15) is 6.61 Å². The molecular formula is C11H16N2O. The van der Waals surface area contributed by atoms with Gasteiger partial charge in [0.25, 0.3) is 0 Å². The van der Waals surface area contributed by atoms with Gasteiger partial charge < -0.3 is 15.0 Å². The highest BCUT2D eigenvalue weighted by atomic mass is 16.5. The second-order valence-electron chi connectivity index (χ2n) is 4.59. The van der Waals surface area contributed by atoms with Crippen molar-refractivity contribution in [3.05, 3.63) is 17.8 Å². The van der Waals surface area contributed by atoms with Crippen molar-refractivity contribution in [2.75, 3.05) is 6.61 Å². The molecule has 0 amide bonds. The number of nitrogens with two attached hydrogens (primary N) is 1. The summed E-state index contributed by atoms with van der Waals surface area (Å²) in [6, 6.07) is 2.15. The van der Waals surface area contributed by atoms with Gasteiger partial charge in [-0.05, 0) is 31.2 Å². The van der Waals surface area contributed by atoms with E-state index in [2.05, 4.69) is 16.8 Å². The van der Waals surface area contributed by atoms with E-state index in [9.17, 15) is 0 Å². The van der Waals surface area contributed by atoms with Gasteiger partial charge in [0, 0.05) is 17.8 Å². The predicted molar refractivity (Wildman–Crippen MR) is 54.4 cm³/mol. The zero-order valence-corrected chi connectivity index (χ0v) is 8.33. The fourth-order valence-electron chi connectivity index (χ4n) is 2.03. The summed E-state index contributed by atoms with van der Waals surface area (Å²) in [5, 5.41) is 0. The minimum absolute atomic E-state index is 0.174. The van der Waals surface area contributed by atoms with E-state index in [-0.39, 0.29) is 5.54 Å². The largest absolute Gasteiger partial charge is 0.477 e. The quantitative estimate of drug-likeness (QED) is 0.784. The molecule has 0 bridgehead atoms. The monoisotopic (exact) mass is 192 g/mol. The molecule has 3 nitrogen and oxygen atoms in total. The van der Waals surface area contributed by atoms with Crippen molar-refractivity contribution >= 4 is 0 Å². The fourth-order valence-corrected chi connectivity index (χ4v) is 2.03. The molecular weight excluding hydrogens is 176 g/mol. The molecule has 1 fully saturated rings. The third-order valence-corrected chi connectivity index (χ3v) is 3.30. The molecule has 0 saturated heterocycles. The van der Waals surface area contributed by atoms with E-state index in [1.165, 1.54) is 18.4 Å². The highest BCUT2D eigenvalue weighted by Crippen LogP contribution is 2.37. The minimum atomic E-state index is 0.174. The fraction of sp³-hybridized carbons (Fsp3) is 0.636. The van der Waals surface area contributed by atoms with Crippen molar-refractivity contribution in [2.45, 2.75) is 37.8 Å². The molecule has 1 aromatic rings. The van der Waals surface area contributed by atoms with Gasteiger partial charge in [-0.3, -0.25) is 0 Å². The molecule has 0 atom stereocenters. The maximum atomic E-state index is 6.05. The first-order chi connectivity index (χ1) is 6.75. The molecule has 2 N–H and O–H groups in total. The van der Waals surface area contributed by atoms with Crippen LogP contribution in [0.15, 0.2) is 12.3 Å². The van der Waals surface area contributed by atoms with Crippen LogP contribution in [0.25, 0.3) is 0 Å². The Labute approximate surface area is 83.8 Å². The number of aromatic nitrogens is 1. The van der Waals surface area contributed by atoms with Crippen molar-refractivity contribution in [1.82, 2.24) is 4.57 Å². The van der Waals surface area contributed by atoms with Crippen molar-refractivity contribution < 1.29 is 4.74 Å². The van der Waals surface area contributed by atoms with E-state index in [0.29, 0.717) is 0 Å². The van der Waals surface area contributed by atoms with Crippen LogP contribution in [0.2, 0.25) is 0 Å². The maximum Gasteiger partial charge on any atom is 0.193 e. The Morgan fingerprint density at radius 2 is 2.36 bits per heavy atom. The number of aryl methyl sites for hydroxylation is 1. The van der Waals surface area contributed by atoms with Crippen LogP contribution in [0.1, 0.15) is 24.8 Å². The molecule has 14 heavy (non-hydrogen) atoms. The van der Waals surface area contributed by atoms with E-state index >= 15 is 0 Å². The summed E-state index contributed by atoms with van der Waals surface area (Å²) in [7, 11) is 0. The molecule has 1 aromatic heterocycles. The lowest BCUT2D eigenvalue weighted by Gasteiger charge is -2.05. The normalized spacial score (nSPS) is 21.8. The van der Waals surface area contributed by atoms with Gasteiger partial charge >= 0.3 is 0 Å². The van der Waals surface area contributed by atoms with Crippen LogP contribution in [-0.2, 0) is 13.0 Å². The number of rotatable bonds is 3. The molecule has 2 aliphatic rings. The summed E-state index contributed by atoms with van der Waals surface area (Å²) in [5.41, 5.74) is 7.59. The number of hydrogen-bond acceptors (Lipinski definition) is 2. The van der Waals surface area contributed by atoms with Crippen molar-refractivity contribution in [1.29, 1.82) is 0 Å². The van der Waals surface area contributed by atoms with Crippen LogP contribution in [-0.4, -0.2) is 16.7 Å². The second kappa shape index (κ2) is 2.76. The molecule has 1 aliphatic carbocycles. The number of hydrogen-bond donors (Lipinski definition) is 1. The number of fused-ring (bicyclic) bond motifs is 1. The molecule has 0 radical (unpaired) electrons. The molecule has 3 rings (SSSR count). The molecule has 1 aliphatic heterocycles. The summed E-state index contributed by atoms with van der Waals surface area (Å²) in [4.78, 5) is 0. The predicted octanol–water partition coefficient (Wildman–Crippen LogP) is 1.30. The zero-order valence-electron chi connectivity index (χ0n) is 8.33. The lowest BCUT2D eigenvalue weighted by molar-refractivity contribution is 0.356. The SMILES string of the molecule is NC1(CCc2cc3n(c2)CCO3)CC1. The second-order valence-corrected chi connectivity index (χ2v) is 4.59. The molecule has 2 heterocycles. The first-order valence-electron chi connectivity index (χ1n) is 5.36. The first-order valence-corrected chi connectivity index (χ1v) is 5.36. The molecule has 3 heteroatoms. The van der Waals surface area contributed by atoms with Crippen LogP contribution >= 0.6 is 0 Å². The van der Waals surface area contributed by atoms with Gasteiger partial charge in [0.15, 0.2) is 5.88 Å². The number of nitrogens with zero attached hydrogens (tertiary/aromatic N) is 1. The van der Waals surface area contributed by atoms with Crippen molar-refractivity contribution in [3.8, 4) is 5.88 Å². The van der Waals surface area contributed by atoms with Crippen molar-refractivity contribution in [3.63, 3.8) is 0 Å². The third-order valence-electron chi connectivity index (χ3n) is 3.30. The summed E-state index contributed by atoms with van der Waals surface area (Å²) < 4.78 is 7.64. The zero-order chi connectivity index (χ0) is 9.60. The van der Waals surface area contributed by atoms with E-state index in [0.717, 1.165) is 31.9 Å². The number of ether oxygens (including phenoxy) is 1. The molecule has 76 valence electrons. The highest BCUT2D eigenvalue weighted by molar-refractivity contribution is 5.26. The summed E-state index contributed by atoms with van der Waals surface area (Å²) in [6.45, 7) is 1.83. The summed E-state index contributed by atoms with van der Waals surface area (Å²) in [6.07, 6.45) is 6.83. The van der Waals surface area contributed by atoms with Crippen molar-refractivity contribution in [2.24, 2.45) is 5.73 Å². The summed E-state index contributed by atoms with van der Waals surface area (Å²) in [5.74, 6) is 1.03. The average Bonchev–Trinajstić information content (AvgIpc) is 2.61. The molecule has 1 saturated carbocycles. The van der Waals surface area contributed by atoms with Crippen LogP contribution in [0, 0.1) is 0 Å². The van der Waals surface area contributed by atoms with E-state index in [4.69, 9.17) is 10.5 Å². The van der Waals surface area contributed by atoms with E-state index < -0.39 is 0 Å². The lowest BCUT2D eigenvalue weighted by atomic mass is 10.1. The summed E-state index contributed by atoms with van der Waals surface area (Å²) >= 11 is 0. The first kappa shape index (κ1) is 8.36. The van der Waals surface area contributed by atoms with Gasteiger partial charge in [-0.2, -0.15) is 0 Å². The van der Waals surface area contributed by atoms with Gasteiger partial charge in [0.05, 0.1) is 6.54 Å². The van der Waals surface area contributed by atoms with Crippen LogP contribution in [0.5, 0.6) is 5.88 Å². The van der Waals surface area contributed by atoms with Crippen LogP contribution < -0.4 is 10.5 Å². The minimum Gasteiger partial charge on any atom is -0.477 e. The molecule has 0 spiro atoms. The highest BCUT2D eigenvalue weighted by Gasteiger charge is 2.37. The molecule has 0 aromatic carbocycles. The Hall–Kier alpha value is -0.960. The van der Waals surface area contributed by atoms with Gasteiger partial charge in [0.2, 0.25) is 0 Å². The maximum absolute atomic E-state index is 6.05. The molecule has 0 unspecified atom stereocenters. The standard InChI is InChI=1S/C11H16N2O/c12-11(3-4-11)2-1-9-7-10-13(8-9)5-6-14-10/h7-8H,1-6,12H2. The van der Waals surface area contributed by atoms with E-state index in [1.807, 2.05) is 0 Å².